The molecule has 0 spiro atoms. The van der Waals surface area contributed by atoms with E-state index in [4.69, 9.17) is 25.8 Å². The number of carbonyl (C=O) groups is 2. The summed E-state index contributed by atoms with van der Waals surface area (Å²) in [7, 11) is 1.52. The van der Waals surface area contributed by atoms with E-state index in [-0.39, 0.29) is 25.0 Å². The van der Waals surface area contributed by atoms with Gasteiger partial charge in [0.15, 0.2) is 11.5 Å². The van der Waals surface area contributed by atoms with Crippen molar-refractivity contribution in [3.05, 3.63) is 46.5 Å². The van der Waals surface area contributed by atoms with Crippen molar-refractivity contribution in [2.45, 2.75) is 19.9 Å². The van der Waals surface area contributed by atoms with Gasteiger partial charge in [-0.3, -0.25) is 9.59 Å². The molecule has 0 bridgehead atoms. The zero-order valence-corrected chi connectivity index (χ0v) is 16.9. The Morgan fingerprint density at radius 1 is 1.28 bits per heavy atom. The predicted octanol–water partition coefficient (Wildman–Crippen LogP) is 3.37. The molecule has 2 aromatic rings. The third-order valence-corrected chi connectivity index (χ3v) is 5.54. The molecule has 152 valence electrons. The number of nitrogens with one attached hydrogen (secondary N) is 1. The van der Waals surface area contributed by atoms with Crippen LogP contribution in [0, 0.1) is 12.8 Å². The Kier molecular flexibility index (Phi) is 5.24. The largest absolute Gasteiger partial charge is 0.495 e. The predicted molar refractivity (Wildman–Crippen MR) is 107 cm³/mol. The Hall–Kier alpha value is -2.93. The molecule has 2 amide bonds. The molecule has 1 N–H and O–H groups in total. The maximum absolute atomic E-state index is 12.8. The van der Waals surface area contributed by atoms with Gasteiger partial charge in [0.25, 0.3) is 0 Å². The number of amides is 2. The van der Waals surface area contributed by atoms with Crippen LogP contribution in [0.3, 0.4) is 0 Å². The van der Waals surface area contributed by atoms with E-state index in [0.29, 0.717) is 41.0 Å². The van der Waals surface area contributed by atoms with Gasteiger partial charge in [-0.2, -0.15) is 0 Å². The number of carbonyl (C=O) groups excluding carboxylic acids is 2. The van der Waals surface area contributed by atoms with Crippen molar-refractivity contribution in [1.82, 2.24) is 4.90 Å². The van der Waals surface area contributed by atoms with E-state index in [0.717, 1.165) is 11.1 Å². The second-order valence-corrected chi connectivity index (χ2v) is 7.56. The first kappa shape index (κ1) is 19.4. The normalized spacial score (nSPS) is 17.6. The first-order valence-corrected chi connectivity index (χ1v) is 9.63. The molecular weight excluding hydrogens is 396 g/mol. The molecule has 2 aliphatic rings. The van der Waals surface area contributed by atoms with Gasteiger partial charge in [-0.25, -0.2) is 0 Å². The Morgan fingerprint density at radius 2 is 2.07 bits per heavy atom. The summed E-state index contributed by atoms with van der Waals surface area (Å²) in [5.41, 5.74) is 2.30. The number of aryl methyl sites for hydroxylation is 1. The van der Waals surface area contributed by atoms with Crippen molar-refractivity contribution < 1.29 is 23.8 Å². The number of rotatable bonds is 5. The summed E-state index contributed by atoms with van der Waals surface area (Å²) >= 11 is 6.12. The molecule has 0 aliphatic carbocycles. The lowest BCUT2D eigenvalue weighted by atomic mass is 10.1. The highest BCUT2D eigenvalue weighted by Crippen LogP contribution is 2.34. The lowest BCUT2D eigenvalue weighted by molar-refractivity contribution is -0.128. The van der Waals surface area contributed by atoms with Crippen LogP contribution in [-0.4, -0.2) is 37.2 Å². The molecule has 0 aromatic heterocycles. The Labute approximate surface area is 173 Å². The number of hydrogen-bond acceptors (Lipinski definition) is 5. The lowest BCUT2D eigenvalue weighted by Gasteiger charge is -2.17. The highest BCUT2D eigenvalue weighted by Gasteiger charge is 2.34. The summed E-state index contributed by atoms with van der Waals surface area (Å²) < 4.78 is 16.0. The Morgan fingerprint density at radius 3 is 2.86 bits per heavy atom. The third kappa shape index (κ3) is 3.96. The van der Waals surface area contributed by atoms with Gasteiger partial charge < -0.3 is 24.4 Å². The van der Waals surface area contributed by atoms with Gasteiger partial charge in [0.1, 0.15) is 5.75 Å². The van der Waals surface area contributed by atoms with Gasteiger partial charge in [0.05, 0.1) is 18.7 Å². The quantitative estimate of drug-likeness (QED) is 0.808. The second kappa shape index (κ2) is 7.83. The van der Waals surface area contributed by atoms with Crippen molar-refractivity contribution in [2.24, 2.45) is 5.92 Å². The van der Waals surface area contributed by atoms with Gasteiger partial charge in [-0.05, 0) is 36.2 Å². The highest BCUT2D eigenvalue weighted by molar-refractivity contribution is 6.31. The monoisotopic (exact) mass is 416 g/mol. The van der Waals surface area contributed by atoms with Crippen LogP contribution in [0.2, 0.25) is 5.02 Å². The molecule has 0 saturated carbocycles. The SMILES string of the molecule is COc1cc(Cl)c(C)cc1NC(=O)C1CC(=O)N(Cc2ccc3c(c2)OCO3)C1. The summed E-state index contributed by atoms with van der Waals surface area (Å²) in [6.45, 7) is 2.83. The lowest BCUT2D eigenvalue weighted by Crippen LogP contribution is -2.28. The minimum Gasteiger partial charge on any atom is -0.495 e. The summed E-state index contributed by atoms with van der Waals surface area (Å²) in [4.78, 5) is 26.9. The fraction of sp³-hybridized carbons (Fsp3) is 0.333. The second-order valence-electron chi connectivity index (χ2n) is 7.15. The highest BCUT2D eigenvalue weighted by atomic mass is 35.5. The minimum atomic E-state index is -0.433. The van der Waals surface area contributed by atoms with E-state index in [1.807, 2.05) is 25.1 Å². The molecule has 29 heavy (non-hydrogen) atoms. The molecule has 2 aliphatic heterocycles. The zero-order valence-electron chi connectivity index (χ0n) is 16.2. The van der Waals surface area contributed by atoms with Crippen LogP contribution in [0.1, 0.15) is 17.5 Å². The van der Waals surface area contributed by atoms with Crippen LogP contribution >= 0.6 is 11.6 Å². The van der Waals surface area contributed by atoms with Crippen LogP contribution in [0.4, 0.5) is 5.69 Å². The van der Waals surface area contributed by atoms with Crippen LogP contribution in [0.5, 0.6) is 17.2 Å². The molecule has 0 radical (unpaired) electrons. The Bertz CT molecular complexity index is 978. The molecule has 2 heterocycles. The van der Waals surface area contributed by atoms with Crippen molar-refractivity contribution in [3.63, 3.8) is 0 Å². The summed E-state index contributed by atoms with van der Waals surface area (Å²) in [5, 5.41) is 3.43. The van der Waals surface area contributed by atoms with Gasteiger partial charge in [0.2, 0.25) is 18.6 Å². The molecule has 7 nitrogen and oxygen atoms in total. The maximum atomic E-state index is 12.8. The third-order valence-electron chi connectivity index (χ3n) is 5.13. The first-order valence-electron chi connectivity index (χ1n) is 9.26. The standard InChI is InChI=1S/C21H21ClN2O5/c1-12-5-16(18(27-2)8-15(12)22)23-21(26)14-7-20(25)24(10-14)9-13-3-4-17-19(6-13)29-11-28-17/h3-6,8,14H,7,9-11H2,1-2H3,(H,23,26). The molecule has 1 fully saturated rings. The van der Waals surface area contributed by atoms with E-state index in [1.54, 1.807) is 17.0 Å². The average molecular weight is 417 g/mol. The number of nitrogens with zero attached hydrogens (tertiary/aromatic N) is 1. The number of ether oxygens (including phenoxy) is 3. The van der Waals surface area contributed by atoms with E-state index in [9.17, 15) is 9.59 Å². The number of methoxy groups -OCH3 is 1. The number of halogens is 1. The van der Waals surface area contributed by atoms with Gasteiger partial charge in [-0.1, -0.05) is 17.7 Å². The fourth-order valence-electron chi connectivity index (χ4n) is 3.52. The van der Waals surface area contributed by atoms with Crippen molar-refractivity contribution >= 4 is 29.1 Å². The number of benzene rings is 2. The molecule has 1 saturated heterocycles. The van der Waals surface area contributed by atoms with Gasteiger partial charge in [-0.15, -0.1) is 0 Å². The molecular formula is C21H21ClN2O5. The van der Waals surface area contributed by atoms with E-state index in [1.165, 1.54) is 7.11 Å². The van der Waals surface area contributed by atoms with Gasteiger partial charge in [0, 0.05) is 30.6 Å². The van der Waals surface area contributed by atoms with Gasteiger partial charge >= 0.3 is 0 Å². The zero-order chi connectivity index (χ0) is 20.5. The van der Waals surface area contributed by atoms with Crippen LogP contribution < -0.4 is 19.5 Å². The number of anilines is 1. The maximum Gasteiger partial charge on any atom is 0.231 e. The summed E-state index contributed by atoms with van der Waals surface area (Å²) in [6, 6.07) is 9.02. The minimum absolute atomic E-state index is 0.0536. The molecule has 1 unspecified atom stereocenters. The van der Waals surface area contributed by atoms with E-state index >= 15 is 0 Å². The molecule has 1 atom stereocenters. The van der Waals surface area contributed by atoms with Crippen molar-refractivity contribution in [2.75, 3.05) is 25.8 Å². The molecule has 4 rings (SSSR count). The fourth-order valence-corrected chi connectivity index (χ4v) is 3.68. The first-order chi connectivity index (χ1) is 13.9. The Balaban J connectivity index is 1.42. The van der Waals surface area contributed by atoms with Crippen LogP contribution in [-0.2, 0) is 16.1 Å². The molecule has 2 aromatic carbocycles. The number of hydrogen-bond donors (Lipinski definition) is 1. The van der Waals surface area contributed by atoms with Crippen molar-refractivity contribution in [3.8, 4) is 17.2 Å². The smallest absolute Gasteiger partial charge is 0.231 e. The van der Waals surface area contributed by atoms with Crippen LogP contribution in [0.25, 0.3) is 0 Å². The van der Waals surface area contributed by atoms with E-state index in [2.05, 4.69) is 5.32 Å². The summed E-state index contributed by atoms with van der Waals surface area (Å²) in [6.07, 6.45) is 0.172. The van der Waals surface area contributed by atoms with Crippen molar-refractivity contribution in [1.29, 1.82) is 0 Å². The van der Waals surface area contributed by atoms with E-state index < -0.39 is 5.92 Å². The average Bonchev–Trinajstić information content (AvgIpc) is 3.31. The van der Waals surface area contributed by atoms with Crippen LogP contribution in [0.15, 0.2) is 30.3 Å². The molecule has 8 heteroatoms. The number of likely N-dealkylation sites (tertiary alicyclic amines) is 1. The topological polar surface area (TPSA) is 77.1 Å². The number of fused-ring (bicyclic) bond motifs is 1. The summed E-state index contributed by atoms with van der Waals surface area (Å²) in [5.74, 6) is 1.15.